The van der Waals surface area contributed by atoms with Crippen LogP contribution in [0.5, 0.6) is 0 Å². The molecule has 1 aliphatic heterocycles. The quantitative estimate of drug-likeness (QED) is 0.727. The molecule has 27 heavy (non-hydrogen) atoms. The number of carbonyl (C=O) groups excluding carboxylic acids is 1. The second kappa shape index (κ2) is 9.35. The SMILES string of the molecule is CCCN(C)C(=O)c1coc(CN2CCN(Cc3cccc(Cl)c3)CC2)n1. The highest BCUT2D eigenvalue weighted by Crippen LogP contribution is 2.15. The summed E-state index contributed by atoms with van der Waals surface area (Å²) in [6, 6.07) is 8.03. The number of hydrogen-bond donors (Lipinski definition) is 0. The number of rotatable bonds is 7. The van der Waals surface area contributed by atoms with Crippen LogP contribution in [-0.2, 0) is 13.1 Å². The van der Waals surface area contributed by atoms with Crippen molar-refractivity contribution in [3.8, 4) is 0 Å². The Morgan fingerprint density at radius 2 is 1.93 bits per heavy atom. The molecule has 2 aromatic rings. The lowest BCUT2D eigenvalue weighted by molar-refractivity contribution is 0.0789. The van der Waals surface area contributed by atoms with Crippen molar-refractivity contribution in [2.45, 2.75) is 26.4 Å². The summed E-state index contributed by atoms with van der Waals surface area (Å²) in [7, 11) is 1.79. The van der Waals surface area contributed by atoms with E-state index in [0.717, 1.165) is 50.7 Å². The molecule has 0 N–H and O–H groups in total. The maximum Gasteiger partial charge on any atom is 0.275 e. The molecule has 1 aliphatic rings. The summed E-state index contributed by atoms with van der Waals surface area (Å²) < 4.78 is 5.52. The summed E-state index contributed by atoms with van der Waals surface area (Å²) in [5, 5.41) is 0.782. The summed E-state index contributed by atoms with van der Waals surface area (Å²) >= 11 is 6.07. The molecule has 1 aromatic carbocycles. The van der Waals surface area contributed by atoms with E-state index in [1.165, 1.54) is 11.8 Å². The third-order valence-electron chi connectivity index (χ3n) is 4.80. The van der Waals surface area contributed by atoms with Gasteiger partial charge in [0.2, 0.25) is 5.89 Å². The number of nitrogens with zero attached hydrogens (tertiary/aromatic N) is 4. The van der Waals surface area contributed by atoms with Gasteiger partial charge < -0.3 is 9.32 Å². The van der Waals surface area contributed by atoms with Gasteiger partial charge in [0.05, 0.1) is 6.54 Å². The van der Waals surface area contributed by atoms with Gasteiger partial charge in [0.15, 0.2) is 5.69 Å². The molecule has 7 heteroatoms. The first-order valence-electron chi connectivity index (χ1n) is 9.44. The third-order valence-corrected chi connectivity index (χ3v) is 5.03. The zero-order valence-electron chi connectivity index (χ0n) is 16.0. The lowest BCUT2D eigenvalue weighted by Crippen LogP contribution is -2.45. The van der Waals surface area contributed by atoms with Crippen LogP contribution in [0.2, 0.25) is 5.02 Å². The Labute approximate surface area is 165 Å². The molecule has 0 spiro atoms. The van der Waals surface area contributed by atoms with Crippen LogP contribution in [0.15, 0.2) is 34.9 Å². The van der Waals surface area contributed by atoms with E-state index in [-0.39, 0.29) is 5.91 Å². The molecular weight excluding hydrogens is 364 g/mol. The monoisotopic (exact) mass is 390 g/mol. The number of halogens is 1. The maximum absolute atomic E-state index is 12.3. The molecule has 0 atom stereocenters. The summed E-state index contributed by atoms with van der Waals surface area (Å²) in [6.45, 7) is 8.17. The van der Waals surface area contributed by atoms with E-state index < -0.39 is 0 Å². The number of hydrogen-bond acceptors (Lipinski definition) is 5. The van der Waals surface area contributed by atoms with Gasteiger partial charge in [-0.2, -0.15) is 0 Å². The Kier molecular flexibility index (Phi) is 6.88. The Hall–Kier alpha value is -1.89. The van der Waals surface area contributed by atoms with Crippen molar-refractivity contribution in [3.63, 3.8) is 0 Å². The smallest absolute Gasteiger partial charge is 0.275 e. The molecule has 146 valence electrons. The first kappa shape index (κ1) is 19.9. The van der Waals surface area contributed by atoms with E-state index in [1.807, 2.05) is 25.1 Å². The molecule has 3 rings (SSSR count). The van der Waals surface area contributed by atoms with E-state index in [4.69, 9.17) is 16.0 Å². The van der Waals surface area contributed by atoms with Crippen molar-refractivity contribution < 1.29 is 9.21 Å². The molecule has 1 amide bonds. The van der Waals surface area contributed by atoms with E-state index in [2.05, 4.69) is 20.9 Å². The lowest BCUT2D eigenvalue weighted by atomic mass is 10.2. The Bertz CT molecular complexity index is 756. The molecule has 6 nitrogen and oxygen atoms in total. The van der Waals surface area contributed by atoms with Gasteiger partial charge in [0.25, 0.3) is 5.91 Å². The van der Waals surface area contributed by atoms with Gasteiger partial charge in [-0.3, -0.25) is 14.6 Å². The number of aromatic nitrogens is 1. The van der Waals surface area contributed by atoms with E-state index in [1.54, 1.807) is 11.9 Å². The van der Waals surface area contributed by atoms with Gasteiger partial charge in [0, 0.05) is 51.3 Å². The largest absolute Gasteiger partial charge is 0.447 e. The first-order valence-corrected chi connectivity index (χ1v) is 9.82. The third kappa shape index (κ3) is 5.54. The Morgan fingerprint density at radius 1 is 1.22 bits per heavy atom. The molecule has 0 aliphatic carbocycles. The Morgan fingerprint density at radius 3 is 2.59 bits per heavy atom. The summed E-state index contributed by atoms with van der Waals surface area (Å²) in [5.74, 6) is 0.518. The van der Waals surface area contributed by atoms with Crippen LogP contribution in [0.1, 0.15) is 35.3 Å². The fourth-order valence-electron chi connectivity index (χ4n) is 3.30. The molecule has 0 saturated carbocycles. The van der Waals surface area contributed by atoms with Crippen LogP contribution in [0.4, 0.5) is 0 Å². The van der Waals surface area contributed by atoms with Gasteiger partial charge in [-0.15, -0.1) is 0 Å². The summed E-state index contributed by atoms with van der Waals surface area (Å²) in [6.07, 6.45) is 2.39. The van der Waals surface area contributed by atoms with Gasteiger partial charge in [-0.25, -0.2) is 4.98 Å². The van der Waals surface area contributed by atoms with Crippen molar-refractivity contribution in [1.82, 2.24) is 19.7 Å². The number of carbonyl (C=O) groups is 1. The number of benzene rings is 1. The highest BCUT2D eigenvalue weighted by atomic mass is 35.5. The van der Waals surface area contributed by atoms with Crippen LogP contribution in [-0.4, -0.2) is 65.4 Å². The van der Waals surface area contributed by atoms with Crippen molar-refractivity contribution in [3.05, 3.63) is 52.7 Å². The van der Waals surface area contributed by atoms with Crippen LogP contribution < -0.4 is 0 Å². The van der Waals surface area contributed by atoms with Crippen molar-refractivity contribution >= 4 is 17.5 Å². The van der Waals surface area contributed by atoms with Gasteiger partial charge in [0.1, 0.15) is 6.26 Å². The molecule has 0 radical (unpaired) electrons. The molecule has 0 bridgehead atoms. The minimum absolute atomic E-state index is 0.0850. The van der Waals surface area contributed by atoms with Crippen LogP contribution in [0.25, 0.3) is 0 Å². The van der Waals surface area contributed by atoms with Crippen LogP contribution >= 0.6 is 11.6 Å². The number of amides is 1. The van der Waals surface area contributed by atoms with Crippen LogP contribution in [0.3, 0.4) is 0 Å². The van der Waals surface area contributed by atoms with Gasteiger partial charge >= 0.3 is 0 Å². The zero-order chi connectivity index (χ0) is 19.2. The van der Waals surface area contributed by atoms with E-state index in [0.29, 0.717) is 18.1 Å². The summed E-state index contributed by atoms with van der Waals surface area (Å²) in [4.78, 5) is 23.0. The molecule has 2 heterocycles. The highest BCUT2D eigenvalue weighted by Gasteiger charge is 2.21. The predicted octanol–water partition coefficient (Wildman–Crippen LogP) is 3.13. The zero-order valence-corrected chi connectivity index (χ0v) is 16.8. The average Bonchev–Trinajstić information content (AvgIpc) is 3.11. The van der Waals surface area contributed by atoms with Crippen molar-refractivity contribution in [2.75, 3.05) is 39.8 Å². The van der Waals surface area contributed by atoms with Crippen molar-refractivity contribution in [2.24, 2.45) is 0 Å². The second-order valence-electron chi connectivity index (χ2n) is 7.04. The molecular formula is C20H27ClN4O2. The average molecular weight is 391 g/mol. The normalized spacial score (nSPS) is 15.8. The second-order valence-corrected chi connectivity index (χ2v) is 7.47. The Balaban J connectivity index is 1.47. The standard InChI is InChI=1S/C20H27ClN4O2/c1-3-7-23(2)20(26)18-15-27-19(22-18)14-25-10-8-24(9-11-25)13-16-5-4-6-17(21)12-16/h4-6,12,15H,3,7-11,13-14H2,1-2H3. The molecule has 1 aromatic heterocycles. The molecule has 1 fully saturated rings. The number of oxazole rings is 1. The fourth-order valence-corrected chi connectivity index (χ4v) is 3.52. The molecule has 1 saturated heterocycles. The predicted molar refractivity (Wildman–Crippen MR) is 106 cm³/mol. The number of piperazine rings is 1. The van der Waals surface area contributed by atoms with E-state index >= 15 is 0 Å². The minimum atomic E-state index is -0.0850. The summed E-state index contributed by atoms with van der Waals surface area (Å²) in [5.41, 5.74) is 1.63. The first-order chi connectivity index (χ1) is 13.0. The lowest BCUT2D eigenvalue weighted by Gasteiger charge is -2.34. The van der Waals surface area contributed by atoms with Crippen LogP contribution in [0, 0.1) is 0 Å². The highest BCUT2D eigenvalue weighted by molar-refractivity contribution is 6.30. The maximum atomic E-state index is 12.3. The fraction of sp³-hybridized carbons (Fsp3) is 0.500. The molecule has 0 unspecified atom stereocenters. The topological polar surface area (TPSA) is 52.8 Å². The minimum Gasteiger partial charge on any atom is -0.447 e. The van der Waals surface area contributed by atoms with Gasteiger partial charge in [-0.1, -0.05) is 30.7 Å². The van der Waals surface area contributed by atoms with Gasteiger partial charge in [-0.05, 0) is 24.1 Å². The van der Waals surface area contributed by atoms with Crippen molar-refractivity contribution in [1.29, 1.82) is 0 Å². The van der Waals surface area contributed by atoms with E-state index in [9.17, 15) is 4.79 Å².